The molecule has 0 amide bonds. The van der Waals surface area contributed by atoms with Crippen molar-refractivity contribution in [2.45, 2.75) is 58.4 Å². The van der Waals surface area contributed by atoms with E-state index in [1.165, 1.54) is 43.2 Å². The first kappa shape index (κ1) is 14.5. The van der Waals surface area contributed by atoms with E-state index in [-0.39, 0.29) is 0 Å². The van der Waals surface area contributed by atoms with E-state index in [1.807, 2.05) is 0 Å². The van der Waals surface area contributed by atoms with Gasteiger partial charge in [-0.2, -0.15) is 0 Å². The Labute approximate surface area is 117 Å². The summed E-state index contributed by atoms with van der Waals surface area (Å²) in [7, 11) is 0. The van der Waals surface area contributed by atoms with Crippen LogP contribution < -0.4 is 11.3 Å². The number of nitrogens with two attached hydrogens (primary N) is 1. The highest BCUT2D eigenvalue weighted by Gasteiger charge is 2.24. The summed E-state index contributed by atoms with van der Waals surface area (Å²) in [5.74, 6) is 7.24. The monoisotopic (exact) mass is 260 g/mol. The molecule has 0 spiro atoms. The third kappa shape index (κ3) is 4.05. The summed E-state index contributed by atoms with van der Waals surface area (Å²) in [6, 6.07) is 9.31. The van der Waals surface area contributed by atoms with Crippen LogP contribution in [0.1, 0.15) is 63.1 Å². The molecule has 1 saturated carbocycles. The Kier molecular flexibility index (Phi) is 5.41. The van der Waals surface area contributed by atoms with Gasteiger partial charge < -0.3 is 0 Å². The van der Waals surface area contributed by atoms with Gasteiger partial charge in [-0.3, -0.25) is 11.3 Å². The molecular weight excluding hydrogens is 232 g/mol. The molecule has 0 saturated heterocycles. The summed E-state index contributed by atoms with van der Waals surface area (Å²) in [5, 5.41) is 0. The fourth-order valence-corrected chi connectivity index (χ4v) is 3.36. The molecule has 1 aromatic carbocycles. The molecule has 0 radical (unpaired) electrons. The summed E-state index contributed by atoms with van der Waals surface area (Å²) < 4.78 is 0. The first-order chi connectivity index (χ1) is 9.20. The molecule has 1 aliphatic carbocycles. The maximum absolute atomic E-state index is 5.84. The molecular formula is C17H28N2. The zero-order chi connectivity index (χ0) is 13.7. The minimum Gasteiger partial charge on any atom is -0.271 e. The van der Waals surface area contributed by atoms with Crippen LogP contribution in [0.2, 0.25) is 0 Å². The largest absolute Gasteiger partial charge is 0.271 e. The molecule has 1 aromatic rings. The quantitative estimate of drug-likeness (QED) is 0.621. The molecule has 0 bridgehead atoms. The van der Waals surface area contributed by atoms with Crippen molar-refractivity contribution < 1.29 is 0 Å². The van der Waals surface area contributed by atoms with Gasteiger partial charge in [-0.15, -0.1) is 0 Å². The second kappa shape index (κ2) is 7.06. The van der Waals surface area contributed by atoms with Crippen molar-refractivity contribution in [2.24, 2.45) is 17.7 Å². The van der Waals surface area contributed by atoms with Gasteiger partial charge in [0.1, 0.15) is 0 Å². The highest BCUT2D eigenvalue weighted by molar-refractivity contribution is 5.27. The lowest BCUT2D eigenvalue weighted by Crippen LogP contribution is -2.34. The fourth-order valence-electron chi connectivity index (χ4n) is 3.36. The van der Waals surface area contributed by atoms with E-state index in [0.29, 0.717) is 17.9 Å². The first-order valence-electron chi connectivity index (χ1n) is 7.75. The number of hydrazine groups is 1. The van der Waals surface area contributed by atoms with Crippen LogP contribution in [0.4, 0.5) is 0 Å². The number of nitrogens with one attached hydrogen (secondary N) is 1. The summed E-state index contributed by atoms with van der Waals surface area (Å²) in [5.41, 5.74) is 5.87. The lowest BCUT2D eigenvalue weighted by molar-refractivity contribution is 0.273. The zero-order valence-electron chi connectivity index (χ0n) is 12.4. The van der Waals surface area contributed by atoms with Crippen LogP contribution in [-0.2, 0) is 6.42 Å². The van der Waals surface area contributed by atoms with Gasteiger partial charge in [-0.1, -0.05) is 57.4 Å². The van der Waals surface area contributed by atoms with Crippen LogP contribution >= 0.6 is 0 Å². The number of benzene rings is 1. The van der Waals surface area contributed by atoms with Crippen LogP contribution in [0.3, 0.4) is 0 Å². The van der Waals surface area contributed by atoms with E-state index in [4.69, 9.17) is 5.84 Å². The van der Waals surface area contributed by atoms with Gasteiger partial charge in [0.05, 0.1) is 0 Å². The van der Waals surface area contributed by atoms with Crippen LogP contribution in [0.25, 0.3) is 0 Å². The van der Waals surface area contributed by atoms with Crippen molar-refractivity contribution >= 4 is 0 Å². The number of hydrogen-bond donors (Lipinski definition) is 2. The Bertz CT molecular complexity index is 381. The first-order valence-corrected chi connectivity index (χ1v) is 7.75. The lowest BCUT2D eigenvalue weighted by Gasteiger charge is -2.30. The molecule has 3 N–H and O–H groups in total. The third-order valence-corrected chi connectivity index (χ3v) is 4.25. The highest BCUT2D eigenvalue weighted by atomic mass is 15.2. The van der Waals surface area contributed by atoms with Crippen LogP contribution in [0.5, 0.6) is 0 Å². The van der Waals surface area contributed by atoms with Gasteiger partial charge in [0, 0.05) is 6.04 Å². The maximum Gasteiger partial charge on any atom is 0.0488 e. The van der Waals surface area contributed by atoms with Gasteiger partial charge >= 0.3 is 0 Å². The summed E-state index contributed by atoms with van der Waals surface area (Å²) >= 11 is 0. The van der Waals surface area contributed by atoms with Crippen molar-refractivity contribution in [2.75, 3.05) is 0 Å². The smallest absolute Gasteiger partial charge is 0.0488 e. The fraction of sp³-hybridized carbons (Fsp3) is 0.647. The van der Waals surface area contributed by atoms with Crippen LogP contribution in [0.15, 0.2) is 24.3 Å². The average molecular weight is 260 g/mol. The minimum absolute atomic E-state index is 0.326. The lowest BCUT2D eigenvalue weighted by atomic mass is 9.81. The van der Waals surface area contributed by atoms with Crippen LogP contribution in [0, 0.1) is 11.8 Å². The third-order valence-electron chi connectivity index (χ3n) is 4.25. The topological polar surface area (TPSA) is 38.0 Å². The van der Waals surface area contributed by atoms with E-state index >= 15 is 0 Å². The Morgan fingerprint density at radius 3 is 2.58 bits per heavy atom. The predicted octanol–water partition coefficient (Wildman–Crippen LogP) is 3.97. The molecule has 1 unspecified atom stereocenters. The van der Waals surface area contributed by atoms with Crippen molar-refractivity contribution in [3.8, 4) is 0 Å². The molecule has 0 aromatic heterocycles. The molecule has 1 aliphatic rings. The highest BCUT2D eigenvalue weighted by Crippen LogP contribution is 2.34. The molecule has 1 atom stereocenters. The molecule has 0 aliphatic heterocycles. The van der Waals surface area contributed by atoms with Crippen molar-refractivity contribution in [1.29, 1.82) is 0 Å². The summed E-state index contributed by atoms with van der Waals surface area (Å²) in [4.78, 5) is 0. The van der Waals surface area contributed by atoms with Gasteiger partial charge in [0.25, 0.3) is 0 Å². The van der Waals surface area contributed by atoms with E-state index in [0.717, 1.165) is 6.42 Å². The minimum atomic E-state index is 0.326. The Morgan fingerprint density at radius 2 is 1.95 bits per heavy atom. The summed E-state index contributed by atoms with van der Waals surface area (Å²) in [6.07, 6.45) is 7.87. The second-order valence-electron chi connectivity index (χ2n) is 6.39. The molecule has 2 rings (SSSR count). The molecule has 19 heavy (non-hydrogen) atoms. The molecule has 1 fully saturated rings. The molecule has 106 valence electrons. The van der Waals surface area contributed by atoms with Crippen molar-refractivity contribution in [1.82, 2.24) is 5.43 Å². The van der Waals surface area contributed by atoms with Gasteiger partial charge in [0.15, 0.2) is 0 Å². The second-order valence-corrected chi connectivity index (χ2v) is 6.39. The van der Waals surface area contributed by atoms with E-state index < -0.39 is 0 Å². The SMILES string of the molecule is CC(C)Cc1cccc(C(NN)C2CCCCC2)c1. The Hall–Kier alpha value is -0.860. The standard InChI is InChI=1S/C17H28N2/c1-13(2)11-14-7-6-10-16(12-14)17(19-18)15-8-4-3-5-9-15/h6-7,10,12-13,15,17,19H,3-5,8-9,11,18H2,1-2H3. The van der Waals surface area contributed by atoms with Crippen molar-refractivity contribution in [3.05, 3.63) is 35.4 Å². The molecule has 2 nitrogen and oxygen atoms in total. The van der Waals surface area contributed by atoms with Gasteiger partial charge in [-0.25, -0.2) is 0 Å². The molecule has 0 heterocycles. The average Bonchev–Trinajstić information content (AvgIpc) is 2.40. The number of hydrogen-bond acceptors (Lipinski definition) is 2. The summed E-state index contributed by atoms with van der Waals surface area (Å²) in [6.45, 7) is 4.54. The van der Waals surface area contributed by atoms with Crippen molar-refractivity contribution in [3.63, 3.8) is 0 Å². The van der Waals surface area contributed by atoms with Crippen LogP contribution in [-0.4, -0.2) is 0 Å². The predicted molar refractivity (Wildman–Crippen MR) is 81.6 cm³/mol. The normalized spacial score (nSPS) is 18.7. The van der Waals surface area contributed by atoms with E-state index in [9.17, 15) is 0 Å². The zero-order valence-corrected chi connectivity index (χ0v) is 12.4. The van der Waals surface area contributed by atoms with Gasteiger partial charge in [-0.05, 0) is 42.2 Å². The molecule has 2 heteroatoms. The van der Waals surface area contributed by atoms with E-state index in [2.05, 4.69) is 43.5 Å². The Morgan fingerprint density at radius 1 is 1.21 bits per heavy atom. The van der Waals surface area contributed by atoms with E-state index in [1.54, 1.807) is 0 Å². The maximum atomic E-state index is 5.84. The van der Waals surface area contributed by atoms with Gasteiger partial charge in [0.2, 0.25) is 0 Å². The Balaban J connectivity index is 2.12. The number of rotatable bonds is 5.